The fraction of sp³-hybridized carbons (Fsp3) is 0.176. The molecule has 0 bridgehead atoms. The van der Waals surface area contributed by atoms with E-state index in [0.717, 1.165) is 24.2 Å². The van der Waals surface area contributed by atoms with Gasteiger partial charge in [0.15, 0.2) is 4.32 Å². The molecule has 2 rings (SSSR count). The van der Waals surface area contributed by atoms with Crippen molar-refractivity contribution in [3.8, 4) is 5.75 Å². The molecule has 0 fully saturated rings. The quantitative estimate of drug-likeness (QED) is 0.672. The highest BCUT2D eigenvalue weighted by atomic mass is 32.2. The van der Waals surface area contributed by atoms with Crippen molar-refractivity contribution in [2.45, 2.75) is 6.92 Å². The molecule has 2 aromatic carbocycles. The highest BCUT2D eigenvalue weighted by Crippen LogP contribution is 2.18. The molecule has 0 atom stereocenters. The first-order valence-corrected chi connectivity index (χ1v) is 8.36. The molecule has 0 spiro atoms. The largest absolute Gasteiger partial charge is 0.497 e. The van der Waals surface area contributed by atoms with Gasteiger partial charge < -0.3 is 9.64 Å². The lowest BCUT2D eigenvalue weighted by atomic mass is 10.2. The standard InChI is InChI=1S/C17H18N2O2S2/c1-3-19(14-7-5-4-6-8-14)17(22)23-18-16(20)13-9-11-15(21-2)12-10-13/h4-12H,3H2,1-2H3,(H,18,20). The van der Waals surface area contributed by atoms with Gasteiger partial charge in [0.05, 0.1) is 7.11 Å². The first kappa shape index (κ1) is 17.3. The van der Waals surface area contributed by atoms with Crippen LogP contribution < -0.4 is 14.4 Å². The number of para-hydroxylation sites is 1. The lowest BCUT2D eigenvalue weighted by Crippen LogP contribution is -2.30. The predicted octanol–water partition coefficient (Wildman–Crippen LogP) is 3.88. The van der Waals surface area contributed by atoms with Gasteiger partial charge in [-0.15, -0.1) is 0 Å². The smallest absolute Gasteiger partial charge is 0.261 e. The van der Waals surface area contributed by atoms with E-state index < -0.39 is 0 Å². The van der Waals surface area contributed by atoms with Crippen molar-refractivity contribution in [3.05, 3.63) is 60.2 Å². The summed E-state index contributed by atoms with van der Waals surface area (Å²) in [6.07, 6.45) is 0. The van der Waals surface area contributed by atoms with E-state index in [1.807, 2.05) is 42.2 Å². The summed E-state index contributed by atoms with van der Waals surface area (Å²) in [7, 11) is 1.59. The Hall–Kier alpha value is -2.05. The molecule has 0 aromatic heterocycles. The summed E-state index contributed by atoms with van der Waals surface area (Å²) < 4.78 is 8.45. The second-order valence-corrected chi connectivity index (χ2v) is 6.05. The lowest BCUT2D eigenvalue weighted by Gasteiger charge is -2.22. The Morgan fingerprint density at radius 1 is 1.17 bits per heavy atom. The van der Waals surface area contributed by atoms with E-state index in [9.17, 15) is 4.79 Å². The molecular formula is C17H18N2O2S2. The fourth-order valence-corrected chi connectivity index (χ4v) is 2.97. The van der Waals surface area contributed by atoms with E-state index in [-0.39, 0.29) is 5.91 Å². The summed E-state index contributed by atoms with van der Waals surface area (Å²) in [5, 5.41) is 0. The molecule has 4 nitrogen and oxygen atoms in total. The van der Waals surface area contributed by atoms with Crippen LogP contribution in [-0.4, -0.2) is 23.9 Å². The number of carbonyl (C=O) groups excluding carboxylic acids is 1. The molecule has 0 aliphatic heterocycles. The summed E-state index contributed by atoms with van der Waals surface area (Å²) in [4.78, 5) is 14.1. The molecule has 0 radical (unpaired) electrons. The van der Waals surface area contributed by atoms with Crippen LogP contribution in [0.2, 0.25) is 0 Å². The first-order chi connectivity index (χ1) is 11.2. The minimum atomic E-state index is -0.191. The number of hydrogen-bond acceptors (Lipinski definition) is 4. The minimum Gasteiger partial charge on any atom is -0.497 e. The Bertz CT molecular complexity index is 660. The van der Waals surface area contributed by atoms with Crippen molar-refractivity contribution in [2.24, 2.45) is 0 Å². The van der Waals surface area contributed by atoms with Gasteiger partial charge in [-0.3, -0.25) is 9.52 Å². The van der Waals surface area contributed by atoms with Crippen LogP contribution in [0.1, 0.15) is 17.3 Å². The number of hydrogen-bond donors (Lipinski definition) is 1. The van der Waals surface area contributed by atoms with E-state index in [0.29, 0.717) is 15.6 Å². The average Bonchev–Trinajstić information content (AvgIpc) is 2.61. The number of ether oxygens (including phenoxy) is 1. The van der Waals surface area contributed by atoms with Crippen LogP contribution in [0.25, 0.3) is 0 Å². The summed E-state index contributed by atoms with van der Waals surface area (Å²) in [6.45, 7) is 2.75. The van der Waals surface area contributed by atoms with Crippen LogP contribution in [0, 0.1) is 0 Å². The summed E-state index contributed by atoms with van der Waals surface area (Å²) in [5.41, 5.74) is 1.56. The van der Waals surface area contributed by atoms with E-state index in [2.05, 4.69) is 4.72 Å². The normalized spacial score (nSPS) is 10.0. The molecular weight excluding hydrogens is 328 g/mol. The Morgan fingerprint density at radius 2 is 1.83 bits per heavy atom. The third-order valence-corrected chi connectivity index (χ3v) is 4.34. The highest BCUT2D eigenvalue weighted by molar-refractivity contribution is 8.22. The topological polar surface area (TPSA) is 41.6 Å². The van der Waals surface area contributed by atoms with Crippen molar-refractivity contribution < 1.29 is 9.53 Å². The van der Waals surface area contributed by atoms with Gasteiger partial charge in [0.1, 0.15) is 5.75 Å². The predicted molar refractivity (Wildman–Crippen MR) is 100 cm³/mol. The summed E-state index contributed by atoms with van der Waals surface area (Å²) in [5.74, 6) is 0.523. The lowest BCUT2D eigenvalue weighted by molar-refractivity contribution is 0.0984. The zero-order chi connectivity index (χ0) is 16.7. The number of benzene rings is 2. The Balaban J connectivity index is 1.95. The van der Waals surface area contributed by atoms with Crippen LogP contribution in [0.15, 0.2) is 54.6 Å². The molecule has 0 heterocycles. The molecule has 0 aliphatic rings. The fourth-order valence-electron chi connectivity index (χ4n) is 1.97. The third kappa shape index (κ3) is 4.71. The number of rotatable bonds is 4. The summed E-state index contributed by atoms with van der Waals surface area (Å²) >= 11 is 6.56. The van der Waals surface area contributed by atoms with Crippen molar-refractivity contribution >= 4 is 40.1 Å². The minimum absolute atomic E-state index is 0.191. The number of anilines is 1. The Morgan fingerprint density at radius 3 is 2.39 bits per heavy atom. The molecule has 6 heteroatoms. The van der Waals surface area contributed by atoms with E-state index in [4.69, 9.17) is 17.0 Å². The number of nitrogens with zero attached hydrogens (tertiary/aromatic N) is 1. The van der Waals surface area contributed by atoms with Gasteiger partial charge in [-0.05, 0) is 43.3 Å². The zero-order valence-electron chi connectivity index (χ0n) is 13.0. The number of amides is 1. The number of nitrogens with one attached hydrogen (secondary N) is 1. The van der Waals surface area contributed by atoms with Gasteiger partial charge >= 0.3 is 0 Å². The second kappa shape index (κ2) is 8.55. The van der Waals surface area contributed by atoms with Crippen molar-refractivity contribution in [3.63, 3.8) is 0 Å². The molecule has 0 saturated heterocycles. The maximum absolute atomic E-state index is 12.1. The van der Waals surface area contributed by atoms with Crippen molar-refractivity contribution in [1.29, 1.82) is 0 Å². The molecule has 0 saturated carbocycles. The Kier molecular flexibility index (Phi) is 6.43. The second-order valence-electron chi connectivity index (χ2n) is 4.61. The van der Waals surface area contributed by atoms with Gasteiger partial charge in [-0.1, -0.05) is 30.4 Å². The molecule has 23 heavy (non-hydrogen) atoms. The molecule has 2 aromatic rings. The number of carbonyl (C=O) groups is 1. The number of methoxy groups -OCH3 is 1. The van der Waals surface area contributed by atoms with Gasteiger partial charge in [0.2, 0.25) is 0 Å². The van der Waals surface area contributed by atoms with Crippen LogP contribution in [-0.2, 0) is 0 Å². The van der Waals surface area contributed by atoms with E-state index >= 15 is 0 Å². The van der Waals surface area contributed by atoms with Crippen molar-refractivity contribution in [2.75, 3.05) is 18.6 Å². The zero-order valence-corrected chi connectivity index (χ0v) is 14.6. The number of thiocarbonyl (C=S) groups is 1. The molecule has 120 valence electrons. The maximum atomic E-state index is 12.1. The van der Waals surface area contributed by atoms with Crippen LogP contribution >= 0.6 is 24.2 Å². The van der Waals surface area contributed by atoms with E-state index in [1.165, 1.54) is 0 Å². The van der Waals surface area contributed by atoms with Crippen molar-refractivity contribution in [1.82, 2.24) is 4.72 Å². The third-order valence-electron chi connectivity index (χ3n) is 3.19. The highest BCUT2D eigenvalue weighted by Gasteiger charge is 2.13. The summed E-state index contributed by atoms with van der Waals surface area (Å²) in [6, 6.07) is 16.8. The van der Waals surface area contributed by atoms with E-state index in [1.54, 1.807) is 31.4 Å². The Labute approximate surface area is 146 Å². The van der Waals surface area contributed by atoms with Crippen LogP contribution in [0.3, 0.4) is 0 Å². The van der Waals surface area contributed by atoms with Gasteiger partial charge in [0, 0.05) is 29.7 Å². The van der Waals surface area contributed by atoms with Crippen LogP contribution in [0.5, 0.6) is 5.75 Å². The average molecular weight is 346 g/mol. The van der Waals surface area contributed by atoms with Gasteiger partial charge in [-0.2, -0.15) is 0 Å². The molecule has 1 N–H and O–H groups in total. The molecule has 1 amide bonds. The SMILES string of the molecule is CCN(C(=S)SNC(=O)c1ccc(OC)cc1)c1ccccc1. The monoisotopic (exact) mass is 346 g/mol. The molecule has 0 aliphatic carbocycles. The van der Waals surface area contributed by atoms with Gasteiger partial charge in [-0.25, -0.2) is 0 Å². The molecule has 0 unspecified atom stereocenters. The maximum Gasteiger partial charge on any atom is 0.261 e. The van der Waals surface area contributed by atoms with Crippen LogP contribution in [0.4, 0.5) is 5.69 Å². The van der Waals surface area contributed by atoms with Gasteiger partial charge in [0.25, 0.3) is 5.91 Å². The first-order valence-electron chi connectivity index (χ1n) is 7.13.